The summed E-state index contributed by atoms with van der Waals surface area (Å²) >= 11 is 0. The summed E-state index contributed by atoms with van der Waals surface area (Å²) in [6.07, 6.45) is 3.77. The fourth-order valence-electron chi connectivity index (χ4n) is 4.59. The molecular formula is C29H39N3O2. The van der Waals surface area contributed by atoms with Gasteiger partial charge in [-0.05, 0) is 79.5 Å². The van der Waals surface area contributed by atoms with Crippen molar-refractivity contribution >= 4 is 16.6 Å². The zero-order chi connectivity index (χ0) is 24.7. The maximum atomic E-state index is 9.95. The highest BCUT2D eigenvalue weighted by Gasteiger charge is 2.20. The van der Waals surface area contributed by atoms with Crippen molar-refractivity contribution < 1.29 is 9.84 Å². The molecule has 34 heavy (non-hydrogen) atoms. The summed E-state index contributed by atoms with van der Waals surface area (Å²) in [6.45, 7) is 12.9. The molecule has 0 bridgehead atoms. The van der Waals surface area contributed by atoms with E-state index in [-0.39, 0.29) is 18.6 Å². The topological polar surface area (TPSA) is 72.3 Å². The van der Waals surface area contributed by atoms with E-state index >= 15 is 0 Å². The normalized spacial score (nSPS) is 13.0. The number of benzene rings is 2. The SMILES string of the molecule is CCCN(CCC)c1ccc(-c2cc3c(C#N)c(OC(CC)CC(C)CO)[nH]c3cc2C)cc1. The number of rotatable bonds is 12. The first-order valence-corrected chi connectivity index (χ1v) is 12.6. The van der Waals surface area contributed by atoms with Crippen molar-refractivity contribution in [3.63, 3.8) is 0 Å². The van der Waals surface area contributed by atoms with Gasteiger partial charge in [-0.3, -0.25) is 0 Å². The fraction of sp³-hybridized carbons (Fsp3) is 0.483. The summed E-state index contributed by atoms with van der Waals surface area (Å²) in [5.41, 5.74) is 6.12. The van der Waals surface area contributed by atoms with Crippen LogP contribution in [0.5, 0.6) is 5.88 Å². The van der Waals surface area contributed by atoms with Gasteiger partial charge in [0.25, 0.3) is 0 Å². The minimum absolute atomic E-state index is 0.0513. The lowest BCUT2D eigenvalue weighted by Crippen LogP contribution is -2.24. The number of nitriles is 1. The lowest BCUT2D eigenvalue weighted by atomic mass is 9.97. The quantitative estimate of drug-likeness (QED) is 0.310. The number of ether oxygens (including phenoxy) is 1. The molecule has 1 aromatic heterocycles. The lowest BCUT2D eigenvalue weighted by Gasteiger charge is -2.24. The number of H-pyrrole nitrogens is 1. The van der Waals surface area contributed by atoms with E-state index < -0.39 is 0 Å². The van der Waals surface area contributed by atoms with Crippen molar-refractivity contribution in [2.45, 2.75) is 66.4 Å². The Balaban J connectivity index is 1.95. The molecule has 3 aromatic rings. The van der Waals surface area contributed by atoms with Gasteiger partial charge in [0.2, 0.25) is 5.88 Å². The number of nitrogens with zero attached hydrogens (tertiary/aromatic N) is 2. The van der Waals surface area contributed by atoms with Crippen LogP contribution in [0.1, 0.15) is 64.5 Å². The molecule has 0 spiro atoms. The average Bonchev–Trinajstić information content (AvgIpc) is 3.18. The van der Waals surface area contributed by atoms with E-state index in [4.69, 9.17) is 4.74 Å². The Labute approximate surface area is 204 Å². The number of aliphatic hydroxyl groups excluding tert-OH is 1. The minimum atomic E-state index is -0.0513. The Morgan fingerprint density at radius 3 is 2.32 bits per heavy atom. The highest BCUT2D eigenvalue weighted by atomic mass is 16.5. The van der Waals surface area contributed by atoms with Gasteiger partial charge in [0, 0.05) is 36.3 Å². The van der Waals surface area contributed by atoms with Crippen molar-refractivity contribution in [1.82, 2.24) is 4.98 Å². The number of aromatic nitrogens is 1. The highest BCUT2D eigenvalue weighted by molar-refractivity contribution is 5.93. The summed E-state index contributed by atoms with van der Waals surface area (Å²) < 4.78 is 6.22. The van der Waals surface area contributed by atoms with E-state index in [2.05, 4.69) is 80.0 Å². The van der Waals surface area contributed by atoms with E-state index in [1.807, 2.05) is 6.92 Å². The Morgan fingerprint density at radius 2 is 1.76 bits per heavy atom. The van der Waals surface area contributed by atoms with E-state index in [1.165, 1.54) is 5.69 Å². The summed E-state index contributed by atoms with van der Waals surface area (Å²) in [5.74, 6) is 0.679. The van der Waals surface area contributed by atoms with Gasteiger partial charge in [-0.15, -0.1) is 0 Å². The Hall–Kier alpha value is -2.97. The minimum Gasteiger partial charge on any atom is -0.475 e. The number of anilines is 1. The molecule has 0 saturated carbocycles. The first kappa shape index (κ1) is 25.6. The Morgan fingerprint density at radius 1 is 1.09 bits per heavy atom. The third-order valence-corrected chi connectivity index (χ3v) is 6.47. The van der Waals surface area contributed by atoms with Gasteiger partial charge in [0.1, 0.15) is 17.7 Å². The van der Waals surface area contributed by atoms with Gasteiger partial charge in [-0.1, -0.05) is 39.8 Å². The van der Waals surface area contributed by atoms with Crippen molar-refractivity contribution in [3.8, 4) is 23.1 Å². The second-order valence-electron chi connectivity index (χ2n) is 9.36. The van der Waals surface area contributed by atoms with Gasteiger partial charge < -0.3 is 19.7 Å². The maximum Gasteiger partial charge on any atom is 0.210 e. The van der Waals surface area contributed by atoms with Crippen molar-refractivity contribution in [1.29, 1.82) is 5.26 Å². The molecule has 0 fully saturated rings. The smallest absolute Gasteiger partial charge is 0.210 e. The molecule has 0 radical (unpaired) electrons. The predicted molar refractivity (Wildman–Crippen MR) is 142 cm³/mol. The standard InChI is InChI=1S/C29H39N3O2/c1-6-13-32(14-7-2)23-11-9-22(10-12-23)25-17-26-27(18-30)29(31-28(26)16-21(25)5)34-24(8-3)15-20(4)19-33/h9-12,16-17,20,24,31,33H,6-8,13-15,19H2,1-5H3. The average molecular weight is 462 g/mol. The van der Waals surface area contributed by atoms with Crippen LogP contribution in [0.4, 0.5) is 5.69 Å². The van der Waals surface area contributed by atoms with Crippen LogP contribution in [-0.2, 0) is 0 Å². The van der Waals surface area contributed by atoms with Crippen LogP contribution < -0.4 is 9.64 Å². The fourth-order valence-corrected chi connectivity index (χ4v) is 4.59. The molecule has 0 amide bonds. The molecule has 0 saturated heterocycles. The molecule has 5 nitrogen and oxygen atoms in total. The van der Waals surface area contributed by atoms with E-state index in [0.717, 1.165) is 66.4 Å². The number of hydrogen-bond acceptors (Lipinski definition) is 4. The molecule has 0 aliphatic heterocycles. The zero-order valence-electron chi connectivity index (χ0n) is 21.3. The number of aryl methyl sites for hydroxylation is 1. The maximum absolute atomic E-state index is 9.95. The predicted octanol–water partition coefficient (Wildman–Crippen LogP) is 6.82. The molecule has 2 unspecified atom stereocenters. The van der Waals surface area contributed by atoms with Gasteiger partial charge in [-0.2, -0.15) is 5.26 Å². The van der Waals surface area contributed by atoms with Gasteiger partial charge >= 0.3 is 0 Å². The van der Waals surface area contributed by atoms with Crippen molar-refractivity contribution in [3.05, 3.63) is 47.5 Å². The number of nitrogens with one attached hydrogen (secondary N) is 1. The van der Waals surface area contributed by atoms with E-state index in [0.29, 0.717) is 11.4 Å². The summed E-state index contributed by atoms with van der Waals surface area (Å²) in [7, 11) is 0. The molecule has 182 valence electrons. The lowest BCUT2D eigenvalue weighted by molar-refractivity contribution is 0.134. The number of aliphatic hydroxyl groups is 1. The van der Waals surface area contributed by atoms with Crippen molar-refractivity contribution in [2.75, 3.05) is 24.6 Å². The second-order valence-corrected chi connectivity index (χ2v) is 9.36. The van der Waals surface area contributed by atoms with Crippen LogP contribution in [-0.4, -0.2) is 35.9 Å². The van der Waals surface area contributed by atoms with Crippen LogP contribution in [0.3, 0.4) is 0 Å². The Bertz CT molecular complexity index is 1110. The third kappa shape index (κ3) is 5.74. The molecule has 2 N–H and O–H groups in total. The van der Waals surface area contributed by atoms with Gasteiger partial charge in [-0.25, -0.2) is 0 Å². The molecule has 2 atom stereocenters. The molecule has 0 aliphatic carbocycles. The van der Waals surface area contributed by atoms with Crippen LogP contribution >= 0.6 is 0 Å². The third-order valence-electron chi connectivity index (χ3n) is 6.47. The van der Waals surface area contributed by atoms with Crippen LogP contribution in [0.25, 0.3) is 22.0 Å². The van der Waals surface area contributed by atoms with E-state index in [1.54, 1.807) is 0 Å². The largest absolute Gasteiger partial charge is 0.475 e. The monoisotopic (exact) mass is 461 g/mol. The summed E-state index contributed by atoms with van der Waals surface area (Å²) in [4.78, 5) is 5.76. The summed E-state index contributed by atoms with van der Waals surface area (Å²) in [5, 5.41) is 20.2. The number of fused-ring (bicyclic) bond motifs is 1. The molecule has 5 heteroatoms. The first-order chi connectivity index (χ1) is 16.4. The van der Waals surface area contributed by atoms with Crippen LogP contribution in [0.15, 0.2) is 36.4 Å². The molecule has 1 heterocycles. The van der Waals surface area contributed by atoms with Gasteiger partial charge in [0.05, 0.1) is 0 Å². The van der Waals surface area contributed by atoms with Crippen LogP contribution in [0.2, 0.25) is 0 Å². The zero-order valence-corrected chi connectivity index (χ0v) is 21.3. The summed E-state index contributed by atoms with van der Waals surface area (Å²) in [6, 6.07) is 15.3. The first-order valence-electron chi connectivity index (χ1n) is 12.6. The van der Waals surface area contributed by atoms with Crippen molar-refractivity contribution in [2.24, 2.45) is 5.92 Å². The Kier molecular flexibility index (Phi) is 9.01. The van der Waals surface area contributed by atoms with Crippen LogP contribution in [0, 0.1) is 24.2 Å². The van der Waals surface area contributed by atoms with Gasteiger partial charge in [0.15, 0.2) is 0 Å². The highest BCUT2D eigenvalue weighted by Crippen LogP contribution is 2.35. The van der Waals surface area contributed by atoms with E-state index in [9.17, 15) is 10.4 Å². The molecule has 2 aromatic carbocycles. The molecule has 0 aliphatic rings. The number of aromatic amines is 1. The molecular weight excluding hydrogens is 422 g/mol. The molecule has 3 rings (SSSR count). The number of hydrogen-bond donors (Lipinski definition) is 2. The second kappa shape index (κ2) is 11.9.